The molecule has 0 fully saturated rings. The Bertz CT molecular complexity index is 903. The van der Waals surface area contributed by atoms with Crippen molar-refractivity contribution in [1.29, 1.82) is 0 Å². The molecule has 0 spiro atoms. The third kappa shape index (κ3) is 4.77. The van der Waals surface area contributed by atoms with Gasteiger partial charge in [-0.15, -0.1) is 0 Å². The van der Waals surface area contributed by atoms with Crippen LogP contribution in [0.25, 0.3) is 11.3 Å². The summed E-state index contributed by atoms with van der Waals surface area (Å²) in [6.45, 7) is 0.297. The van der Waals surface area contributed by atoms with E-state index in [1.807, 2.05) is 18.2 Å². The van der Waals surface area contributed by atoms with Crippen LogP contribution in [0, 0.1) is 0 Å². The summed E-state index contributed by atoms with van der Waals surface area (Å²) < 4.78 is 0. The fourth-order valence-corrected chi connectivity index (χ4v) is 2.99. The van der Waals surface area contributed by atoms with Crippen LogP contribution < -0.4 is 5.32 Å². The van der Waals surface area contributed by atoms with Crippen LogP contribution in [0.4, 0.5) is 0 Å². The standard InChI is InChI=1S/C19H16Cl2N4O/c20-15-5-3-13(16(21)10-15)4-6-18(26)25-12-17-19(24-9-8-23-17)14-2-1-7-22-11-14/h1-3,5,7-11H,4,6,12H2,(H,25,26). The summed E-state index contributed by atoms with van der Waals surface area (Å²) >= 11 is 12.0. The van der Waals surface area contributed by atoms with E-state index < -0.39 is 0 Å². The molecule has 7 heteroatoms. The van der Waals surface area contributed by atoms with Gasteiger partial charge in [-0.3, -0.25) is 19.7 Å². The molecule has 0 atom stereocenters. The van der Waals surface area contributed by atoms with Gasteiger partial charge in [-0.05, 0) is 36.2 Å². The van der Waals surface area contributed by atoms with Crippen molar-refractivity contribution in [2.45, 2.75) is 19.4 Å². The van der Waals surface area contributed by atoms with Crippen molar-refractivity contribution in [1.82, 2.24) is 20.3 Å². The maximum absolute atomic E-state index is 12.2. The molecule has 0 unspecified atom stereocenters. The first-order valence-electron chi connectivity index (χ1n) is 8.04. The van der Waals surface area contributed by atoms with Crippen LogP contribution >= 0.6 is 23.2 Å². The molecule has 1 N–H and O–H groups in total. The Labute approximate surface area is 161 Å². The number of nitrogens with zero attached hydrogens (tertiary/aromatic N) is 3. The van der Waals surface area contributed by atoms with Gasteiger partial charge in [0.1, 0.15) is 0 Å². The molecule has 3 rings (SSSR count). The summed E-state index contributed by atoms with van der Waals surface area (Å²) in [4.78, 5) is 25.0. The smallest absolute Gasteiger partial charge is 0.220 e. The summed E-state index contributed by atoms with van der Waals surface area (Å²) in [6, 6.07) is 9.02. The molecule has 132 valence electrons. The van der Waals surface area contributed by atoms with E-state index in [9.17, 15) is 4.79 Å². The minimum Gasteiger partial charge on any atom is -0.350 e. The summed E-state index contributed by atoms with van der Waals surface area (Å²) in [6.07, 6.45) is 7.51. The van der Waals surface area contributed by atoms with Crippen LogP contribution in [0.1, 0.15) is 17.7 Å². The molecule has 2 aromatic heterocycles. The van der Waals surface area contributed by atoms with Crippen LogP contribution in [0.15, 0.2) is 55.1 Å². The SMILES string of the molecule is O=C(CCc1ccc(Cl)cc1Cl)NCc1nccnc1-c1cccnc1. The zero-order valence-electron chi connectivity index (χ0n) is 13.8. The normalized spacial score (nSPS) is 10.5. The molecule has 2 heterocycles. The lowest BCUT2D eigenvalue weighted by atomic mass is 10.1. The van der Waals surface area contributed by atoms with Gasteiger partial charge >= 0.3 is 0 Å². The van der Waals surface area contributed by atoms with Crippen molar-refractivity contribution in [2.24, 2.45) is 0 Å². The predicted molar refractivity (Wildman–Crippen MR) is 102 cm³/mol. The highest BCUT2D eigenvalue weighted by Crippen LogP contribution is 2.22. The zero-order valence-corrected chi connectivity index (χ0v) is 15.3. The zero-order chi connectivity index (χ0) is 18.4. The Morgan fingerprint density at radius 1 is 1.08 bits per heavy atom. The number of carbonyl (C=O) groups is 1. The molecule has 26 heavy (non-hydrogen) atoms. The van der Waals surface area contributed by atoms with E-state index in [-0.39, 0.29) is 5.91 Å². The Kier molecular flexibility index (Phi) is 6.15. The highest BCUT2D eigenvalue weighted by Gasteiger charge is 2.10. The third-order valence-corrected chi connectivity index (χ3v) is 4.39. The molecule has 1 aromatic carbocycles. The highest BCUT2D eigenvalue weighted by atomic mass is 35.5. The number of halogens is 2. The summed E-state index contributed by atoms with van der Waals surface area (Å²) in [5.74, 6) is -0.0844. The fraction of sp³-hybridized carbons (Fsp3) is 0.158. The van der Waals surface area contributed by atoms with Crippen LogP contribution in [0.3, 0.4) is 0 Å². The molecule has 0 aliphatic rings. The Balaban J connectivity index is 1.60. The first kappa shape index (κ1) is 18.3. The molecule has 0 saturated carbocycles. The Morgan fingerprint density at radius 3 is 2.69 bits per heavy atom. The van der Waals surface area contributed by atoms with Gasteiger partial charge in [0.2, 0.25) is 5.91 Å². The number of amides is 1. The van der Waals surface area contributed by atoms with Crippen LogP contribution in [-0.4, -0.2) is 20.9 Å². The number of aromatic nitrogens is 3. The average molecular weight is 387 g/mol. The first-order chi connectivity index (χ1) is 12.6. The maximum atomic E-state index is 12.2. The molecule has 0 saturated heterocycles. The van der Waals surface area contributed by atoms with E-state index in [1.165, 1.54) is 0 Å². The average Bonchev–Trinajstić information content (AvgIpc) is 2.66. The quantitative estimate of drug-likeness (QED) is 0.692. The van der Waals surface area contributed by atoms with E-state index >= 15 is 0 Å². The van der Waals surface area contributed by atoms with E-state index in [0.29, 0.717) is 40.8 Å². The molecular formula is C19H16Cl2N4O. The number of aryl methyl sites for hydroxylation is 1. The molecule has 3 aromatic rings. The molecule has 0 radical (unpaired) electrons. The van der Waals surface area contributed by atoms with Gasteiger partial charge < -0.3 is 5.32 Å². The monoisotopic (exact) mass is 386 g/mol. The van der Waals surface area contributed by atoms with Crippen molar-refractivity contribution in [3.8, 4) is 11.3 Å². The largest absolute Gasteiger partial charge is 0.350 e. The number of hydrogen-bond donors (Lipinski definition) is 1. The molecule has 5 nitrogen and oxygen atoms in total. The molecule has 0 bridgehead atoms. The van der Waals surface area contributed by atoms with Crippen molar-refractivity contribution in [3.05, 3.63) is 76.4 Å². The van der Waals surface area contributed by atoms with Gasteiger partial charge in [-0.1, -0.05) is 29.3 Å². The summed E-state index contributed by atoms with van der Waals surface area (Å²) in [5.41, 5.74) is 3.15. The summed E-state index contributed by atoms with van der Waals surface area (Å²) in [5, 5.41) is 4.02. The summed E-state index contributed by atoms with van der Waals surface area (Å²) in [7, 11) is 0. The maximum Gasteiger partial charge on any atom is 0.220 e. The second kappa shape index (κ2) is 8.74. The van der Waals surface area contributed by atoms with Gasteiger partial charge in [-0.25, -0.2) is 0 Å². The van der Waals surface area contributed by atoms with E-state index in [0.717, 1.165) is 11.1 Å². The lowest BCUT2D eigenvalue weighted by Crippen LogP contribution is -2.24. The van der Waals surface area contributed by atoms with Gasteiger partial charge in [-0.2, -0.15) is 0 Å². The second-order valence-electron chi connectivity index (χ2n) is 5.61. The van der Waals surface area contributed by atoms with Crippen molar-refractivity contribution >= 4 is 29.1 Å². The van der Waals surface area contributed by atoms with Crippen molar-refractivity contribution in [3.63, 3.8) is 0 Å². The number of nitrogens with one attached hydrogen (secondary N) is 1. The van der Waals surface area contributed by atoms with Gasteiger partial charge in [0.25, 0.3) is 0 Å². The Morgan fingerprint density at radius 2 is 1.92 bits per heavy atom. The van der Waals surface area contributed by atoms with Crippen LogP contribution in [0.5, 0.6) is 0 Å². The number of carbonyl (C=O) groups excluding carboxylic acids is 1. The van der Waals surface area contributed by atoms with Crippen molar-refractivity contribution in [2.75, 3.05) is 0 Å². The number of pyridine rings is 1. The molecule has 1 amide bonds. The number of hydrogen-bond acceptors (Lipinski definition) is 4. The lowest BCUT2D eigenvalue weighted by Gasteiger charge is -2.09. The molecular weight excluding hydrogens is 371 g/mol. The second-order valence-corrected chi connectivity index (χ2v) is 6.45. The predicted octanol–water partition coefficient (Wildman–Crippen LogP) is 4.09. The minimum atomic E-state index is -0.0844. The number of benzene rings is 1. The van der Waals surface area contributed by atoms with E-state index in [2.05, 4.69) is 20.3 Å². The van der Waals surface area contributed by atoms with Gasteiger partial charge in [0, 0.05) is 46.8 Å². The molecule has 0 aliphatic carbocycles. The van der Waals surface area contributed by atoms with E-state index in [1.54, 1.807) is 36.9 Å². The minimum absolute atomic E-state index is 0.0844. The van der Waals surface area contributed by atoms with Crippen LogP contribution in [0.2, 0.25) is 10.0 Å². The van der Waals surface area contributed by atoms with Crippen molar-refractivity contribution < 1.29 is 4.79 Å². The lowest BCUT2D eigenvalue weighted by molar-refractivity contribution is -0.121. The highest BCUT2D eigenvalue weighted by molar-refractivity contribution is 6.35. The van der Waals surface area contributed by atoms with E-state index in [4.69, 9.17) is 23.2 Å². The number of rotatable bonds is 6. The van der Waals surface area contributed by atoms with Gasteiger partial charge in [0.15, 0.2) is 0 Å². The topological polar surface area (TPSA) is 67.8 Å². The first-order valence-corrected chi connectivity index (χ1v) is 8.80. The van der Waals surface area contributed by atoms with Crippen LogP contribution in [-0.2, 0) is 17.8 Å². The fourth-order valence-electron chi connectivity index (χ4n) is 2.48. The third-order valence-electron chi connectivity index (χ3n) is 3.80. The van der Waals surface area contributed by atoms with Gasteiger partial charge in [0.05, 0.1) is 17.9 Å². The molecule has 0 aliphatic heterocycles. The Hall–Kier alpha value is -2.50.